The van der Waals surface area contributed by atoms with E-state index in [0.717, 1.165) is 51.4 Å². The maximum atomic E-state index is 12.2. The Labute approximate surface area is 178 Å². The molecule has 0 saturated heterocycles. The maximum absolute atomic E-state index is 12.2. The van der Waals surface area contributed by atoms with Gasteiger partial charge in [0.25, 0.3) is 0 Å². The zero-order valence-corrected chi connectivity index (χ0v) is 18.6. The van der Waals surface area contributed by atoms with Gasteiger partial charge >= 0.3 is 5.97 Å². The number of carboxylic acids is 1. The van der Waals surface area contributed by atoms with Gasteiger partial charge < -0.3 is 10.2 Å². The summed E-state index contributed by atoms with van der Waals surface area (Å²) in [7, 11) is 0. The van der Waals surface area contributed by atoms with Gasteiger partial charge in [-0.3, -0.25) is 9.59 Å². The number of carbonyl (C=O) groups excluding carboxylic acids is 1. The van der Waals surface area contributed by atoms with Crippen molar-refractivity contribution in [3.05, 3.63) is 12.2 Å². The molecule has 3 atom stereocenters. The Morgan fingerprint density at radius 1 is 1.00 bits per heavy atom. The molecule has 1 aliphatic rings. The van der Waals surface area contributed by atoms with Gasteiger partial charge in [0.05, 0.1) is 6.10 Å². The Bertz CT molecular complexity index is 471. The maximum Gasteiger partial charge on any atom is 0.303 e. The highest BCUT2D eigenvalue weighted by molar-refractivity contribution is 5.83. The largest absolute Gasteiger partial charge is 0.481 e. The van der Waals surface area contributed by atoms with Crippen LogP contribution in [-0.4, -0.2) is 28.1 Å². The number of carbonyl (C=O) groups is 2. The third kappa shape index (κ3) is 12.9. The smallest absolute Gasteiger partial charge is 0.303 e. The van der Waals surface area contributed by atoms with Gasteiger partial charge in [-0.15, -0.1) is 0 Å². The van der Waals surface area contributed by atoms with Gasteiger partial charge in [0.2, 0.25) is 0 Å². The van der Waals surface area contributed by atoms with E-state index < -0.39 is 5.97 Å². The molecule has 29 heavy (non-hydrogen) atoms. The monoisotopic (exact) mass is 408 g/mol. The predicted molar refractivity (Wildman–Crippen MR) is 119 cm³/mol. The van der Waals surface area contributed by atoms with Crippen LogP contribution >= 0.6 is 0 Å². The lowest BCUT2D eigenvalue weighted by Crippen LogP contribution is -2.14. The van der Waals surface area contributed by atoms with Crippen molar-refractivity contribution in [2.24, 2.45) is 11.8 Å². The average Bonchev–Trinajstić information content (AvgIpc) is 3.04. The van der Waals surface area contributed by atoms with Crippen LogP contribution in [0.1, 0.15) is 116 Å². The molecule has 2 N–H and O–H groups in total. The van der Waals surface area contributed by atoms with E-state index in [1.54, 1.807) is 0 Å². The fourth-order valence-electron chi connectivity index (χ4n) is 4.39. The van der Waals surface area contributed by atoms with Crippen molar-refractivity contribution < 1.29 is 19.8 Å². The third-order valence-electron chi connectivity index (χ3n) is 6.24. The molecule has 4 heteroatoms. The molecule has 1 rings (SSSR count). The molecule has 1 saturated carbocycles. The minimum atomic E-state index is -0.688. The Morgan fingerprint density at radius 3 is 2.24 bits per heavy atom. The molecule has 0 bridgehead atoms. The van der Waals surface area contributed by atoms with Crippen molar-refractivity contribution in [2.75, 3.05) is 0 Å². The molecule has 0 spiro atoms. The van der Waals surface area contributed by atoms with E-state index in [1.807, 2.05) is 6.08 Å². The van der Waals surface area contributed by atoms with Gasteiger partial charge in [-0.05, 0) is 31.6 Å². The van der Waals surface area contributed by atoms with Crippen LogP contribution in [0.4, 0.5) is 0 Å². The molecule has 4 nitrogen and oxygen atoms in total. The van der Waals surface area contributed by atoms with Gasteiger partial charge in [-0.1, -0.05) is 89.7 Å². The summed E-state index contributed by atoms with van der Waals surface area (Å²) in [6, 6.07) is 0. The normalized spacial score (nSPS) is 20.6. The number of Topliss-reactive ketones (excluding diaryl/α,β-unsaturated/α-hetero) is 1. The number of unbranched alkanes of at least 4 members (excludes halogenated alkanes) is 10. The van der Waals surface area contributed by atoms with Crippen LogP contribution in [0.5, 0.6) is 0 Å². The highest BCUT2D eigenvalue weighted by atomic mass is 16.4. The standard InChI is InChI=1S/C25H44O4/c1-2-3-11-14-22(26)19-17-21-18-20-24(27)23(21)15-12-9-7-5-4-6-8-10-13-16-25(28)29/h17,19,21-23,26H,2-16,18,20H2,1H3,(H,28,29)/b19-17+/t21-,22-,23+/m0/s1. The minimum Gasteiger partial charge on any atom is -0.481 e. The Kier molecular flexibility index (Phi) is 14.8. The van der Waals surface area contributed by atoms with E-state index in [1.165, 1.54) is 44.9 Å². The second kappa shape index (κ2) is 16.6. The average molecular weight is 409 g/mol. The first-order chi connectivity index (χ1) is 14.0. The second-order valence-electron chi connectivity index (χ2n) is 8.84. The number of rotatable bonds is 18. The zero-order valence-electron chi connectivity index (χ0n) is 18.6. The molecular formula is C25H44O4. The molecular weight excluding hydrogens is 364 g/mol. The molecule has 0 amide bonds. The summed E-state index contributed by atoms with van der Waals surface area (Å²) >= 11 is 0. The SMILES string of the molecule is CCCCC[C@H](O)/C=C/[C@H]1CCC(=O)[C@@H]1CCCCCCCCCCCC(=O)O. The van der Waals surface area contributed by atoms with Gasteiger partial charge in [-0.2, -0.15) is 0 Å². The van der Waals surface area contributed by atoms with Crippen molar-refractivity contribution in [2.45, 2.75) is 122 Å². The minimum absolute atomic E-state index is 0.170. The lowest BCUT2D eigenvalue weighted by atomic mass is 9.89. The molecule has 0 unspecified atom stereocenters. The highest BCUT2D eigenvalue weighted by Crippen LogP contribution is 2.34. The lowest BCUT2D eigenvalue weighted by Gasteiger charge is -2.15. The lowest BCUT2D eigenvalue weighted by molar-refractivity contribution is -0.137. The van der Waals surface area contributed by atoms with E-state index in [-0.39, 0.29) is 12.0 Å². The number of allylic oxidation sites excluding steroid dienone is 1. The number of aliphatic hydroxyl groups is 1. The number of ketones is 1. The summed E-state index contributed by atoms with van der Waals surface area (Å²) in [4.78, 5) is 22.7. The highest BCUT2D eigenvalue weighted by Gasteiger charge is 2.32. The van der Waals surface area contributed by atoms with Crippen molar-refractivity contribution in [1.82, 2.24) is 0 Å². The molecule has 1 aliphatic carbocycles. The van der Waals surface area contributed by atoms with Crippen molar-refractivity contribution in [1.29, 1.82) is 0 Å². The summed E-state index contributed by atoms with van der Waals surface area (Å²) in [6.07, 6.45) is 21.1. The summed E-state index contributed by atoms with van der Waals surface area (Å²) in [5.41, 5.74) is 0. The van der Waals surface area contributed by atoms with Gasteiger partial charge in [0.1, 0.15) is 5.78 Å². The number of hydrogen-bond donors (Lipinski definition) is 2. The van der Waals surface area contributed by atoms with Crippen LogP contribution in [-0.2, 0) is 9.59 Å². The van der Waals surface area contributed by atoms with Crippen LogP contribution in [0, 0.1) is 11.8 Å². The predicted octanol–water partition coefficient (Wildman–Crippen LogP) is 6.45. The molecule has 1 fully saturated rings. The van der Waals surface area contributed by atoms with E-state index >= 15 is 0 Å². The Morgan fingerprint density at radius 2 is 1.62 bits per heavy atom. The zero-order chi connectivity index (χ0) is 21.3. The van der Waals surface area contributed by atoms with Crippen LogP contribution in [0.15, 0.2) is 12.2 Å². The van der Waals surface area contributed by atoms with Gasteiger partial charge in [0.15, 0.2) is 0 Å². The van der Waals surface area contributed by atoms with Crippen LogP contribution in [0.2, 0.25) is 0 Å². The quantitative estimate of drug-likeness (QED) is 0.202. The fourth-order valence-corrected chi connectivity index (χ4v) is 4.39. The van der Waals surface area contributed by atoms with E-state index in [4.69, 9.17) is 5.11 Å². The summed E-state index contributed by atoms with van der Waals surface area (Å²) in [5, 5.41) is 18.7. The van der Waals surface area contributed by atoms with E-state index in [0.29, 0.717) is 24.5 Å². The van der Waals surface area contributed by atoms with Gasteiger partial charge in [-0.25, -0.2) is 0 Å². The van der Waals surface area contributed by atoms with Gasteiger partial charge in [0, 0.05) is 18.8 Å². The van der Waals surface area contributed by atoms with Crippen molar-refractivity contribution in [3.63, 3.8) is 0 Å². The molecule has 0 aromatic rings. The van der Waals surface area contributed by atoms with Crippen molar-refractivity contribution in [3.8, 4) is 0 Å². The first-order valence-corrected chi connectivity index (χ1v) is 12.2. The number of aliphatic hydroxyl groups excluding tert-OH is 1. The summed E-state index contributed by atoms with van der Waals surface area (Å²) in [5.74, 6) is 0.227. The second-order valence-corrected chi connectivity index (χ2v) is 8.84. The molecule has 0 radical (unpaired) electrons. The molecule has 0 aromatic carbocycles. The summed E-state index contributed by atoms with van der Waals surface area (Å²) in [6.45, 7) is 2.17. The van der Waals surface area contributed by atoms with Crippen LogP contribution in [0.25, 0.3) is 0 Å². The molecule has 0 aromatic heterocycles. The molecule has 0 aliphatic heterocycles. The molecule has 168 valence electrons. The van der Waals surface area contributed by atoms with Crippen molar-refractivity contribution >= 4 is 11.8 Å². The third-order valence-corrected chi connectivity index (χ3v) is 6.24. The first-order valence-electron chi connectivity index (χ1n) is 12.2. The molecule has 0 heterocycles. The van der Waals surface area contributed by atoms with Crippen LogP contribution in [0.3, 0.4) is 0 Å². The Hall–Kier alpha value is -1.16. The number of carboxylic acid groups (broad SMARTS) is 1. The van der Waals surface area contributed by atoms with Crippen LogP contribution < -0.4 is 0 Å². The van der Waals surface area contributed by atoms with E-state index in [2.05, 4.69) is 13.0 Å². The van der Waals surface area contributed by atoms with E-state index in [9.17, 15) is 14.7 Å². The fraction of sp³-hybridized carbons (Fsp3) is 0.840. The summed E-state index contributed by atoms with van der Waals surface area (Å²) < 4.78 is 0. The first kappa shape index (κ1) is 25.9. The Balaban J connectivity index is 2.09. The number of aliphatic carboxylic acids is 1. The topological polar surface area (TPSA) is 74.6 Å². The number of hydrogen-bond acceptors (Lipinski definition) is 3.